The lowest BCUT2D eigenvalue weighted by atomic mass is 10.1. The van der Waals surface area contributed by atoms with Crippen LogP contribution in [-0.4, -0.2) is 55.0 Å². The summed E-state index contributed by atoms with van der Waals surface area (Å²) in [6.07, 6.45) is 0.883. The second-order valence-electron chi connectivity index (χ2n) is 6.34. The average molecular weight is 377 g/mol. The van der Waals surface area contributed by atoms with Gasteiger partial charge in [0.1, 0.15) is 11.6 Å². The number of hydrogen-bond acceptors (Lipinski definition) is 3. The van der Waals surface area contributed by atoms with Crippen molar-refractivity contribution >= 4 is 17.5 Å². The predicted molar refractivity (Wildman–Crippen MR) is 100 cm³/mol. The van der Waals surface area contributed by atoms with Crippen LogP contribution in [0.4, 0.5) is 4.39 Å². The van der Waals surface area contributed by atoms with E-state index < -0.39 is 0 Å². The lowest BCUT2D eigenvalue weighted by Gasteiger charge is -2.34. The van der Waals surface area contributed by atoms with Gasteiger partial charge >= 0.3 is 0 Å². The van der Waals surface area contributed by atoms with E-state index in [0.29, 0.717) is 23.9 Å². The van der Waals surface area contributed by atoms with Gasteiger partial charge in [0.2, 0.25) is 0 Å². The zero-order valence-electron chi connectivity index (χ0n) is 14.5. The first-order chi connectivity index (χ1) is 12.6. The van der Waals surface area contributed by atoms with Crippen molar-refractivity contribution in [1.29, 1.82) is 0 Å². The fraction of sp³-hybridized carbons (Fsp3) is 0.350. The highest BCUT2D eigenvalue weighted by Crippen LogP contribution is 2.15. The number of rotatable bonds is 6. The molecule has 2 aromatic carbocycles. The number of benzene rings is 2. The van der Waals surface area contributed by atoms with Gasteiger partial charge in [0.15, 0.2) is 6.61 Å². The van der Waals surface area contributed by atoms with Crippen LogP contribution >= 0.6 is 11.6 Å². The molecule has 1 amide bonds. The Morgan fingerprint density at radius 3 is 2.31 bits per heavy atom. The Morgan fingerprint density at radius 1 is 1.00 bits per heavy atom. The predicted octanol–water partition coefficient (Wildman–Crippen LogP) is 3.24. The second-order valence-corrected chi connectivity index (χ2v) is 6.78. The molecule has 0 saturated carbocycles. The van der Waals surface area contributed by atoms with Crippen molar-refractivity contribution in [2.24, 2.45) is 0 Å². The monoisotopic (exact) mass is 376 g/mol. The maximum Gasteiger partial charge on any atom is 0.260 e. The molecule has 1 aliphatic rings. The van der Waals surface area contributed by atoms with E-state index in [2.05, 4.69) is 4.90 Å². The lowest BCUT2D eigenvalue weighted by molar-refractivity contribution is -0.135. The van der Waals surface area contributed by atoms with E-state index in [1.807, 2.05) is 17.0 Å². The molecule has 6 heteroatoms. The molecule has 0 spiro atoms. The highest BCUT2D eigenvalue weighted by atomic mass is 35.5. The quantitative estimate of drug-likeness (QED) is 0.776. The third-order valence-corrected chi connectivity index (χ3v) is 4.78. The molecule has 1 aliphatic heterocycles. The molecule has 0 unspecified atom stereocenters. The molecule has 0 N–H and O–H groups in total. The Bertz CT molecular complexity index is 714. The number of hydrogen-bond donors (Lipinski definition) is 0. The van der Waals surface area contributed by atoms with E-state index >= 15 is 0 Å². The van der Waals surface area contributed by atoms with Crippen LogP contribution in [0.3, 0.4) is 0 Å². The van der Waals surface area contributed by atoms with Crippen LogP contribution in [-0.2, 0) is 11.2 Å². The lowest BCUT2D eigenvalue weighted by Crippen LogP contribution is -2.50. The molecule has 1 heterocycles. The van der Waals surface area contributed by atoms with Crippen LogP contribution < -0.4 is 4.74 Å². The summed E-state index contributed by atoms with van der Waals surface area (Å²) in [5.74, 6) is 0.431. The Hall–Kier alpha value is -2.11. The minimum atomic E-state index is -0.207. The van der Waals surface area contributed by atoms with Gasteiger partial charge in [0, 0.05) is 37.7 Å². The average Bonchev–Trinajstić information content (AvgIpc) is 2.67. The first kappa shape index (κ1) is 18.7. The van der Waals surface area contributed by atoms with Crippen LogP contribution in [0.2, 0.25) is 5.02 Å². The number of carbonyl (C=O) groups excluding carboxylic acids is 1. The Morgan fingerprint density at radius 2 is 1.65 bits per heavy atom. The van der Waals surface area contributed by atoms with E-state index in [1.54, 1.807) is 24.3 Å². The van der Waals surface area contributed by atoms with Gasteiger partial charge in [-0.25, -0.2) is 4.39 Å². The molecule has 1 saturated heterocycles. The van der Waals surface area contributed by atoms with E-state index in [9.17, 15) is 9.18 Å². The van der Waals surface area contributed by atoms with Crippen molar-refractivity contribution in [2.45, 2.75) is 6.42 Å². The van der Waals surface area contributed by atoms with Crippen molar-refractivity contribution in [1.82, 2.24) is 9.80 Å². The molecular weight excluding hydrogens is 355 g/mol. The summed E-state index contributed by atoms with van der Waals surface area (Å²) in [7, 11) is 0. The normalized spacial score (nSPS) is 15.1. The fourth-order valence-corrected chi connectivity index (χ4v) is 3.05. The van der Waals surface area contributed by atoms with E-state index in [4.69, 9.17) is 16.3 Å². The number of halogens is 2. The zero-order valence-corrected chi connectivity index (χ0v) is 15.3. The molecule has 2 aromatic rings. The summed E-state index contributed by atoms with van der Waals surface area (Å²) in [6.45, 7) is 4.03. The zero-order chi connectivity index (χ0) is 18.4. The summed E-state index contributed by atoms with van der Waals surface area (Å²) in [4.78, 5) is 16.4. The van der Waals surface area contributed by atoms with Gasteiger partial charge in [0.05, 0.1) is 0 Å². The summed E-state index contributed by atoms with van der Waals surface area (Å²) in [5, 5.41) is 0.639. The van der Waals surface area contributed by atoms with Crippen LogP contribution in [0.1, 0.15) is 5.56 Å². The molecule has 0 bridgehead atoms. The van der Waals surface area contributed by atoms with Crippen molar-refractivity contribution in [3.63, 3.8) is 0 Å². The molecular formula is C20H22ClFN2O2. The van der Waals surface area contributed by atoms with Crippen LogP contribution in [0.15, 0.2) is 48.5 Å². The Labute approximate surface area is 158 Å². The van der Waals surface area contributed by atoms with E-state index in [1.165, 1.54) is 12.1 Å². The van der Waals surface area contributed by atoms with Crippen molar-refractivity contribution in [2.75, 3.05) is 39.3 Å². The molecule has 0 atom stereocenters. The summed E-state index contributed by atoms with van der Waals surface area (Å²) in [6, 6.07) is 13.6. The first-order valence-electron chi connectivity index (χ1n) is 8.73. The maximum absolute atomic E-state index is 12.9. The highest BCUT2D eigenvalue weighted by Gasteiger charge is 2.21. The Kier molecular flexibility index (Phi) is 6.47. The standard InChI is InChI=1S/C20H22ClFN2O2/c21-17-3-7-19(8-4-17)26-15-20(25)24-13-11-23(12-14-24)10-9-16-1-5-18(22)6-2-16/h1-8H,9-15H2. The first-order valence-corrected chi connectivity index (χ1v) is 9.11. The van der Waals surface area contributed by atoms with Crippen molar-refractivity contribution < 1.29 is 13.9 Å². The number of amides is 1. The molecule has 3 rings (SSSR count). The van der Waals surface area contributed by atoms with E-state index in [-0.39, 0.29) is 18.3 Å². The largest absolute Gasteiger partial charge is 0.484 e. The van der Waals surface area contributed by atoms with Gasteiger partial charge in [-0.1, -0.05) is 23.7 Å². The summed E-state index contributed by atoms with van der Waals surface area (Å²) >= 11 is 5.83. The second kappa shape index (κ2) is 9.01. The third-order valence-electron chi connectivity index (χ3n) is 4.53. The number of nitrogens with zero attached hydrogens (tertiary/aromatic N) is 2. The molecule has 0 aromatic heterocycles. The van der Waals surface area contributed by atoms with Gasteiger partial charge < -0.3 is 9.64 Å². The molecule has 26 heavy (non-hydrogen) atoms. The van der Waals surface area contributed by atoms with Gasteiger partial charge in [-0.05, 0) is 48.4 Å². The van der Waals surface area contributed by atoms with Gasteiger partial charge in [-0.3, -0.25) is 9.69 Å². The van der Waals surface area contributed by atoms with E-state index in [0.717, 1.165) is 31.6 Å². The SMILES string of the molecule is O=C(COc1ccc(Cl)cc1)N1CCN(CCc2ccc(F)cc2)CC1. The number of carbonyl (C=O) groups is 1. The van der Waals surface area contributed by atoms with Crippen LogP contribution in [0.25, 0.3) is 0 Å². The molecule has 1 fully saturated rings. The van der Waals surface area contributed by atoms with Crippen LogP contribution in [0.5, 0.6) is 5.75 Å². The minimum absolute atomic E-state index is 0.00173. The summed E-state index contributed by atoms with van der Waals surface area (Å²) < 4.78 is 18.4. The van der Waals surface area contributed by atoms with Crippen LogP contribution in [0, 0.1) is 5.82 Å². The molecule has 0 aliphatic carbocycles. The highest BCUT2D eigenvalue weighted by molar-refractivity contribution is 6.30. The smallest absolute Gasteiger partial charge is 0.260 e. The third kappa shape index (κ3) is 5.44. The Balaban J connectivity index is 1.38. The molecule has 4 nitrogen and oxygen atoms in total. The number of ether oxygens (including phenoxy) is 1. The van der Waals surface area contributed by atoms with Gasteiger partial charge in [-0.15, -0.1) is 0 Å². The maximum atomic E-state index is 12.9. The topological polar surface area (TPSA) is 32.8 Å². The summed E-state index contributed by atoms with van der Waals surface area (Å²) in [5.41, 5.74) is 1.13. The number of piperazine rings is 1. The van der Waals surface area contributed by atoms with Crippen molar-refractivity contribution in [3.8, 4) is 5.75 Å². The minimum Gasteiger partial charge on any atom is -0.484 e. The fourth-order valence-electron chi connectivity index (χ4n) is 2.93. The van der Waals surface area contributed by atoms with Crippen molar-refractivity contribution in [3.05, 3.63) is 64.9 Å². The van der Waals surface area contributed by atoms with Gasteiger partial charge in [-0.2, -0.15) is 0 Å². The van der Waals surface area contributed by atoms with Gasteiger partial charge in [0.25, 0.3) is 5.91 Å². The molecule has 0 radical (unpaired) electrons. The molecule has 138 valence electrons.